The zero-order valence-corrected chi connectivity index (χ0v) is 10.6. The normalized spacial score (nSPS) is 23.1. The maximum atomic E-state index is 13.1. The topological polar surface area (TPSA) is 50.4 Å². The van der Waals surface area contributed by atoms with E-state index in [0.29, 0.717) is 18.9 Å². The highest BCUT2D eigenvalue weighted by molar-refractivity contribution is 6.30. The number of hydrogen-bond acceptors (Lipinski definition) is 3. The maximum Gasteiger partial charge on any atom is 0.231 e. The third kappa shape index (κ3) is 2.98. The number of carbonyl (C=O) groups is 1. The molecule has 0 aromatic heterocycles. The molecule has 1 aliphatic heterocycles. The van der Waals surface area contributed by atoms with Gasteiger partial charge in [0.25, 0.3) is 0 Å². The van der Waals surface area contributed by atoms with E-state index in [1.54, 1.807) is 7.05 Å². The van der Waals surface area contributed by atoms with Gasteiger partial charge in [-0.25, -0.2) is 4.39 Å². The number of benzene rings is 1. The van der Waals surface area contributed by atoms with Gasteiger partial charge in [-0.3, -0.25) is 4.79 Å². The first kappa shape index (κ1) is 13.3. The van der Waals surface area contributed by atoms with Crippen LogP contribution in [0, 0.1) is 11.7 Å². The van der Waals surface area contributed by atoms with E-state index in [9.17, 15) is 9.18 Å². The van der Waals surface area contributed by atoms with Gasteiger partial charge in [0, 0.05) is 16.8 Å². The molecular formula is C12H14ClFN2O2. The van der Waals surface area contributed by atoms with Crippen molar-refractivity contribution >= 4 is 23.2 Å². The molecule has 98 valence electrons. The van der Waals surface area contributed by atoms with Gasteiger partial charge in [0.05, 0.1) is 19.1 Å². The molecule has 2 unspecified atom stereocenters. The van der Waals surface area contributed by atoms with Crippen LogP contribution in [-0.2, 0) is 9.53 Å². The van der Waals surface area contributed by atoms with Crippen molar-refractivity contribution in [2.75, 3.05) is 25.6 Å². The van der Waals surface area contributed by atoms with Crippen molar-refractivity contribution < 1.29 is 13.9 Å². The molecule has 18 heavy (non-hydrogen) atoms. The highest BCUT2D eigenvalue weighted by Gasteiger charge is 2.32. The van der Waals surface area contributed by atoms with Crippen LogP contribution in [0.4, 0.5) is 10.1 Å². The molecule has 1 aromatic rings. The van der Waals surface area contributed by atoms with Crippen LogP contribution < -0.4 is 10.6 Å². The SMILES string of the molecule is CNC1COCC1C(=O)Nc1cc(F)cc(Cl)c1. The van der Waals surface area contributed by atoms with E-state index in [2.05, 4.69) is 10.6 Å². The summed E-state index contributed by atoms with van der Waals surface area (Å²) in [4.78, 5) is 12.0. The summed E-state index contributed by atoms with van der Waals surface area (Å²) in [6.07, 6.45) is 0. The lowest BCUT2D eigenvalue weighted by atomic mass is 10.0. The van der Waals surface area contributed by atoms with E-state index in [1.807, 2.05) is 0 Å². The third-order valence-corrected chi connectivity index (χ3v) is 3.14. The van der Waals surface area contributed by atoms with Gasteiger partial charge in [-0.15, -0.1) is 0 Å². The molecule has 2 atom stereocenters. The van der Waals surface area contributed by atoms with Gasteiger partial charge in [-0.2, -0.15) is 0 Å². The number of carbonyl (C=O) groups excluding carboxylic acids is 1. The van der Waals surface area contributed by atoms with E-state index in [4.69, 9.17) is 16.3 Å². The minimum atomic E-state index is -0.481. The second kappa shape index (κ2) is 5.65. The average Bonchev–Trinajstić information content (AvgIpc) is 2.75. The Morgan fingerprint density at radius 1 is 1.44 bits per heavy atom. The van der Waals surface area contributed by atoms with Gasteiger partial charge >= 0.3 is 0 Å². The summed E-state index contributed by atoms with van der Waals surface area (Å²) in [7, 11) is 1.78. The van der Waals surface area contributed by atoms with Crippen LogP contribution in [-0.4, -0.2) is 32.2 Å². The fourth-order valence-electron chi connectivity index (χ4n) is 1.96. The van der Waals surface area contributed by atoms with Crippen molar-refractivity contribution in [2.24, 2.45) is 5.92 Å². The van der Waals surface area contributed by atoms with E-state index in [0.717, 1.165) is 0 Å². The lowest BCUT2D eigenvalue weighted by Gasteiger charge is -2.16. The van der Waals surface area contributed by atoms with E-state index in [-0.39, 0.29) is 22.9 Å². The Labute approximate surface area is 109 Å². The molecule has 0 aliphatic carbocycles. The molecule has 0 radical (unpaired) electrons. The molecular weight excluding hydrogens is 259 g/mol. The van der Waals surface area contributed by atoms with E-state index >= 15 is 0 Å². The minimum Gasteiger partial charge on any atom is -0.379 e. The summed E-state index contributed by atoms with van der Waals surface area (Å²) in [5.41, 5.74) is 0.353. The van der Waals surface area contributed by atoms with Gasteiger partial charge in [-0.05, 0) is 25.2 Å². The molecule has 0 saturated carbocycles. The van der Waals surface area contributed by atoms with Crippen LogP contribution in [0.25, 0.3) is 0 Å². The summed E-state index contributed by atoms with van der Waals surface area (Å²) in [5.74, 6) is -0.962. The van der Waals surface area contributed by atoms with Crippen LogP contribution in [0.5, 0.6) is 0 Å². The molecule has 1 aliphatic rings. The summed E-state index contributed by atoms with van der Waals surface area (Å²) in [5, 5.41) is 5.91. The molecule has 1 saturated heterocycles. The van der Waals surface area contributed by atoms with Crippen LogP contribution in [0.2, 0.25) is 5.02 Å². The average molecular weight is 273 g/mol. The molecule has 2 N–H and O–H groups in total. The highest BCUT2D eigenvalue weighted by Crippen LogP contribution is 2.20. The molecule has 1 amide bonds. The number of nitrogens with one attached hydrogen (secondary N) is 2. The monoisotopic (exact) mass is 272 g/mol. The van der Waals surface area contributed by atoms with Gasteiger partial charge < -0.3 is 15.4 Å². The Bertz CT molecular complexity index is 435. The molecule has 4 nitrogen and oxygen atoms in total. The molecule has 1 heterocycles. The summed E-state index contributed by atoms with van der Waals surface area (Å²) in [6, 6.07) is 3.90. The van der Waals surface area contributed by atoms with Gasteiger partial charge in [-0.1, -0.05) is 11.6 Å². The molecule has 1 fully saturated rings. The highest BCUT2D eigenvalue weighted by atomic mass is 35.5. The Morgan fingerprint density at radius 3 is 2.89 bits per heavy atom. The predicted molar refractivity (Wildman–Crippen MR) is 67.2 cm³/mol. The molecule has 0 spiro atoms. The second-order valence-electron chi connectivity index (χ2n) is 4.19. The zero-order chi connectivity index (χ0) is 13.1. The smallest absolute Gasteiger partial charge is 0.231 e. The van der Waals surface area contributed by atoms with Crippen LogP contribution >= 0.6 is 11.6 Å². The number of ether oxygens (including phenoxy) is 1. The first-order valence-corrected chi connectivity index (χ1v) is 6.00. The fourth-order valence-corrected chi connectivity index (χ4v) is 2.18. The Kier molecular flexibility index (Phi) is 4.16. The summed E-state index contributed by atoms with van der Waals surface area (Å²) in [6.45, 7) is 0.860. The number of anilines is 1. The van der Waals surface area contributed by atoms with Crippen molar-refractivity contribution in [3.63, 3.8) is 0 Å². The number of amides is 1. The van der Waals surface area contributed by atoms with Crippen molar-refractivity contribution in [3.8, 4) is 0 Å². The van der Waals surface area contributed by atoms with Crippen molar-refractivity contribution in [1.29, 1.82) is 0 Å². The molecule has 6 heteroatoms. The predicted octanol–water partition coefficient (Wildman–Crippen LogP) is 1.65. The third-order valence-electron chi connectivity index (χ3n) is 2.92. The maximum absolute atomic E-state index is 13.1. The zero-order valence-electron chi connectivity index (χ0n) is 9.87. The van der Waals surface area contributed by atoms with Crippen LogP contribution in [0.15, 0.2) is 18.2 Å². The Morgan fingerprint density at radius 2 is 2.22 bits per heavy atom. The largest absolute Gasteiger partial charge is 0.379 e. The number of halogens is 2. The van der Waals surface area contributed by atoms with Crippen molar-refractivity contribution in [2.45, 2.75) is 6.04 Å². The first-order chi connectivity index (χ1) is 8.60. The first-order valence-electron chi connectivity index (χ1n) is 5.62. The van der Waals surface area contributed by atoms with Crippen LogP contribution in [0.3, 0.4) is 0 Å². The lowest BCUT2D eigenvalue weighted by Crippen LogP contribution is -2.39. The molecule has 0 bridgehead atoms. The van der Waals surface area contributed by atoms with Gasteiger partial charge in [0.15, 0.2) is 0 Å². The second-order valence-corrected chi connectivity index (χ2v) is 4.62. The Balaban J connectivity index is 2.06. The van der Waals surface area contributed by atoms with Crippen molar-refractivity contribution in [3.05, 3.63) is 29.0 Å². The summed E-state index contributed by atoms with van der Waals surface area (Å²) < 4.78 is 18.4. The Hall–Kier alpha value is -1.17. The van der Waals surface area contributed by atoms with Gasteiger partial charge in [0.2, 0.25) is 5.91 Å². The molecule has 1 aromatic carbocycles. The quantitative estimate of drug-likeness (QED) is 0.880. The minimum absolute atomic E-state index is 0.0194. The van der Waals surface area contributed by atoms with Crippen molar-refractivity contribution in [1.82, 2.24) is 5.32 Å². The van der Waals surface area contributed by atoms with Crippen LogP contribution in [0.1, 0.15) is 0 Å². The molecule has 2 rings (SSSR count). The summed E-state index contributed by atoms with van der Waals surface area (Å²) >= 11 is 5.72. The van der Waals surface area contributed by atoms with E-state index in [1.165, 1.54) is 18.2 Å². The standard InChI is InChI=1S/C12H14ClFN2O2/c1-15-11-6-18-5-10(11)12(17)16-9-3-7(13)2-8(14)4-9/h2-4,10-11,15H,5-6H2,1H3,(H,16,17). The van der Waals surface area contributed by atoms with E-state index < -0.39 is 5.82 Å². The van der Waals surface area contributed by atoms with Gasteiger partial charge in [0.1, 0.15) is 5.82 Å². The number of rotatable bonds is 3. The fraction of sp³-hybridized carbons (Fsp3) is 0.417. The number of hydrogen-bond donors (Lipinski definition) is 2. The lowest BCUT2D eigenvalue weighted by molar-refractivity contribution is -0.120. The number of likely N-dealkylation sites (N-methyl/N-ethyl adjacent to an activating group) is 1.